The van der Waals surface area contributed by atoms with Gasteiger partial charge in [-0.05, 0) is 24.6 Å². The summed E-state index contributed by atoms with van der Waals surface area (Å²) in [5.41, 5.74) is 2.55. The van der Waals surface area contributed by atoms with E-state index in [0.717, 1.165) is 11.3 Å². The van der Waals surface area contributed by atoms with Crippen LogP contribution in [0.1, 0.15) is 27.7 Å². The Bertz CT molecular complexity index is 740. The molecule has 0 bridgehead atoms. The van der Waals surface area contributed by atoms with Crippen molar-refractivity contribution in [2.24, 2.45) is 0 Å². The Balaban J connectivity index is 1.73. The monoisotopic (exact) mass is 283 g/mol. The van der Waals surface area contributed by atoms with Crippen LogP contribution >= 0.6 is 0 Å². The van der Waals surface area contributed by atoms with Crippen molar-refractivity contribution < 1.29 is 9.90 Å². The fraction of sp³-hybridized carbons (Fsp3) is 0.286. The molecule has 0 saturated carbocycles. The van der Waals surface area contributed by atoms with Crippen LogP contribution in [0.15, 0.2) is 24.4 Å². The van der Waals surface area contributed by atoms with Crippen LogP contribution in [0.25, 0.3) is 0 Å². The molecule has 0 atom stereocenters. The summed E-state index contributed by atoms with van der Waals surface area (Å²) in [7, 11) is 0. The average Bonchev–Trinajstić information content (AvgIpc) is 2.88. The molecule has 7 heteroatoms. The molecule has 1 aliphatic heterocycles. The highest BCUT2D eigenvalue weighted by atomic mass is 16.4. The molecule has 1 saturated heterocycles. The maximum Gasteiger partial charge on any atom is 0.358 e. The van der Waals surface area contributed by atoms with E-state index in [2.05, 4.69) is 21.3 Å². The molecule has 106 valence electrons. The molecule has 1 N–H and O–H groups in total. The van der Waals surface area contributed by atoms with Crippen molar-refractivity contribution in [1.82, 2.24) is 15.0 Å². The minimum Gasteiger partial charge on any atom is -0.476 e. The Morgan fingerprint density at radius 1 is 1.48 bits per heavy atom. The molecule has 0 aliphatic carbocycles. The Kier molecular flexibility index (Phi) is 3.06. The molecule has 1 aromatic carbocycles. The summed E-state index contributed by atoms with van der Waals surface area (Å²) in [5, 5.41) is 25.5. The number of aromatic nitrogens is 3. The van der Waals surface area contributed by atoms with Gasteiger partial charge in [0.05, 0.1) is 23.5 Å². The first-order valence-corrected chi connectivity index (χ1v) is 6.49. The standard InChI is InChI=1S/C14H13N5O2/c1-9-2-3-13(10(4-9)5-15)18-6-11(7-18)19-8-12(14(20)21)16-17-19/h2-4,8,11H,6-7H2,1H3,(H,20,21). The van der Waals surface area contributed by atoms with E-state index in [4.69, 9.17) is 5.11 Å². The third-order valence-electron chi connectivity index (χ3n) is 3.58. The van der Waals surface area contributed by atoms with Crippen LogP contribution in [0, 0.1) is 18.3 Å². The van der Waals surface area contributed by atoms with E-state index in [1.165, 1.54) is 6.20 Å². The first-order chi connectivity index (χ1) is 10.1. The fourth-order valence-corrected chi connectivity index (χ4v) is 2.39. The number of carbonyl (C=O) groups is 1. The van der Waals surface area contributed by atoms with Crippen LogP contribution in [-0.4, -0.2) is 39.2 Å². The van der Waals surface area contributed by atoms with E-state index in [1.54, 1.807) is 4.68 Å². The summed E-state index contributed by atoms with van der Waals surface area (Å²) in [6, 6.07) is 8.06. The van der Waals surface area contributed by atoms with Gasteiger partial charge >= 0.3 is 5.97 Å². The fourth-order valence-electron chi connectivity index (χ4n) is 2.39. The van der Waals surface area contributed by atoms with E-state index in [0.29, 0.717) is 18.7 Å². The molecular weight excluding hydrogens is 270 g/mol. The minimum atomic E-state index is -1.08. The second kappa shape index (κ2) is 4.90. The van der Waals surface area contributed by atoms with Gasteiger partial charge in [-0.3, -0.25) is 0 Å². The van der Waals surface area contributed by atoms with Gasteiger partial charge in [-0.15, -0.1) is 5.10 Å². The number of anilines is 1. The lowest BCUT2D eigenvalue weighted by molar-refractivity contribution is 0.0690. The number of hydrogen-bond donors (Lipinski definition) is 1. The van der Waals surface area contributed by atoms with Crippen molar-refractivity contribution >= 4 is 11.7 Å². The summed E-state index contributed by atoms with van der Waals surface area (Å²) in [6.07, 6.45) is 1.44. The molecule has 21 heavy (non-hydrogen) atoms. The number of hydrogen-bond acceptors (Lipinski definition) is 5. The summed E-state index contributed by atoms with van der Waals surface area (Å²) >= 11 is 0. The Morgan fingerprint density at radius 3 is 2.86 bits per heavy atom. The van der Waals surface area contributed by atoms with Crippen molar-refractivity contribution in [3.63, 3.8) is 0 Å². The number of rotatable bonds is 3. The van der Waals surface area contributed by atoms with Crippen LogP contribution in [0.3, 0.4) is 0 Å². The predicted octanol–water partition coefficient (Wildman–Crippen LogP) is 1.22. The van der Waals surface area contributed by atoms with Crippen molar-refractivity contribution in [3.05, 3.63) is 41.2 Å². The van der Waals surface area contributed by atoms with Gasteiger partial charge in [0.2, 0.25) is 0 Å². The SMILES string of the molecule is Cc1ccc(N2CC(n3cc(C(=O)O)nn3)C2)c(C#N)c1. The van der Waals surface area contributed by atoms with Gasteiger partial charge in [-0.25, -0.2) is 9.48 Å². The van der Waals surface area contributed by atoms with Gasteiger partial charge in [-0.2, -0.15) is 5.26 Å². The lowest BCUT2D eigenvalue weighted by atomic mass is 10.0. The van der Waals surface area contributed by atoms with Gasteiger partial charge in [0, 0.05) is 13.1 Å². The van der Waals surface area contributed by atoms with Crippen LogP contribution in [0.5, 0.6) is 0 Å². The highest BCUT2D eigenvalue weighted by molar-refractivity contribution is 5.84. The van der Waals surface area contributed by atoms with Crippen LogP contribution in [-0.2, 0) is 0 Å². The second-order valence-electron chi connectivity index (χ2n) is 5.08. The highest BCUT2D eigenvalue weighted by Crippen LogP contribution is 2.30. The van der Waals surface area contributed by atoms with E-state index in [-0.39, 0.29) is 11.7 Å². The summed E-state index contributed by atoms with van der Waals surface area (Å²) in [5.74, 6) is -1.08. The van der Waals surface area contributed by atoms with Crippen molar-refractivity contribution in [2.45, 2.75) is 13.0 Å². The Labute approximate surface area is 121 Å². The molecule has 2 aromatic rings. The smallest absolute Gasteiger partial charge is 0.358 e. The number of nitriles is 1. The molecular formula is C14H13N5O2. The molecule has 1 aromatic heterocycles. The molecule has 1 fully saturated rings. The first-order valence-electron chi connectivity index (χ1n) is 6.49. The Morgan fingerprint density at radius 2 is 2.24 bits per heavy atom. The molecule has 3 rings (SSSR count). The van der Waals surface area contributed by atoms with Gasteiger partial charge in [0.15, 0.2) is 5.69 Å². The van der Waals surface area contributed by atoms with Crippen molar-refractivity contribution in [3.8, 4) is 6.07 Å². The zero-order chi connectivity index (χ0) is 15.0. The van der Waals surface area contributed by atoms with E-state index >= 15 is 0 Å². The van der Waals surface area contributed by atoms with Gasteiger partial charge in [0.25, 0.3) is 0 Å². The summed E-state index contributed by atoms with van der Waals surface area (Å²) in [6.45, 7) is 3.31. The highest BCUT2D eigenvalue weighted by Gasteiger charge is 2.31. The number of aryl methyl sites for hydroxylation is 1. The molecule has 1 aliphatic rings. The first kappa shape index (κ1) is 13.1. The van der Waals surface area contributed by atoms with Crippen molar-refractivity contribution in [2.75, 3.05) is 18.0 Å². The van der Waals surface area contributed by atoms with Gasteiger partial charge < -0.3 is 10.0 Å². The Hall–Kier alpha value is -2.88. The van der Waals surface area contributed by atoms with Crippen molar-refractivity contribution in [1.29, 1.82) is 5.26 Å². The number of carboxylic acids is 1. The normalized spacial score (nSPS) is 14.6. The van der Waals surface area contributed by atoms with Gasteiger partial charge in [-0.1, -0.05) is 11.3 Å². The molecule has 0 amide bonds. The van der Waals surface area contributed by atoms with Gasteiger partial charge in [0.1, 0.15) is 6.07 Å². The average molecular weight is 283 g/mol. The number of nitrogens with zero attached hydrogens (tertiary/aromatic N) is 5. The molecule has 7 nitrogen and oxygen atoms in total. The maximum atomic E-state index is 10.8. The molecule has 2 heterocycles. The van der Waals surface area contributed by atoms with E-state index < -0.39 is 5.97 Å². The number of benzene rings is 1. The zero-order valence-corrected chi connectivity index (χ0v) is 11.4. The molecule has 0 radical (unpaired) electrons. The summed E-state index contributed by atoms with van der Waals surface area (Å²) in [4.78, 5) is 12.9. The lowest BCUT2D eigenvalue weighted by Crippen LogP contribution is -2.48. The van der Waals surface area contributed by atoms with Crippen LogP contribution < -0.4 is 4.90 Å². The van der Waals surface area contributed by atoms with Crippen LogP contribution in [0.4, 0.5) is 5.69 Å². The number of aromatic carboxylic acids is 1. The zero-order valence-electron chi connectivity index (χ0n) is 11.4. The quantitative estimate of drug-likeness (QED) is 0.910. The van der Waals surface area contributed by atoms with Crippen LogP contribution in [0.2, 0.25) is 0 Å². The minimum absolute atomic E-state index is 0.0542. The number of carboxylic acid groups (broad SMARTS) is 1. The maximum absolute atomic E-state index is 10.8. The predicted molar refractivity (Wildman–Crippen MR) is 74.1 cm³/mol. The molecule has 0 spiro atoms. The summed E-state index contributed by atoms with van der Waals surface area (Å²) < 4.78 is 1.57. The largest absolute Gasteiger partial charge is 0.476 e. The lowest BCUT2D eigenvalue weighted by Gasteiger charge is -2.41. The second-order valence-corrected chi connectivity index (χ2v) is 5.08. The molecule has 0 unspecified atom stereocenters. The third kappa shape index (κ3) is 2.31. The topological polar surface area (TPSA) is 95.0 Å². The van der Waals surface area contributed by atoms with E-state index in [9.17, 15) is 10.1 Å². The third-order valence-corrected chi connectivity index (χ3v) is 3.58. The van der Waals surface area contributed by atoms with E-state index in [1.807, 2.05) is 25.1 Å².